The second kappa shape index (κ2) is 4.79. The number of aliphatic hydroxyl groups excluding tert-OH is 1. The van der Waals surface area contributed by atoms with Crippen molar-refractivity contribution in [3.05, 3.63) is 33.4 Å². The topological polar surface area (TPSA) is 59.7 Å². The van der Waals surface area contributed by atoms with Crippen LogP contribution in [-0.4, -0.2) is 12.2 Å². The summed E-state index contributed by atoms with van der Waals surface area (Å²) in [5.74, 6) is 0.731. The monoisotopic (exact) mass is 210 g/mol. The van der Waals surface area contributed by atoms with Crippen molar-refractivity contribution >= 4 is 6.08 Å². The number of methoxy groups -OCH3 is 1. The Morgan fingerprint density at radius 1 is 1.53 bits per heavy atom. The lowest BCUT2D eigenvalue weighted by Crippen LogP contribution is -2.10. The van der Waals surface area contributed by atoms with Gasteiger partial charge in [-0.1, -0.05) is 6.08 Å². The highest BCUT2D eigenvalue weighted by atomic mass is 16.5. The highest BCUT2D eigenvalue weighted by Crippen LogP contribution is 2.24. The number of rotatable bonds is 3. The third-order valence-corrected chi connectivity index (χ3v) is 2.10. The Morgan fingerprint density at radius 2 is 2.20 bits per heavy atom. The average Bonchev–Trinajstić information content (AvgIpc) is 2.23. The van der Waals surface area contributed by atoms with E-state index >= 15 is 0 Å². The Balaban J connectivity index is 3.54. The van der Waals surface area contributed by atoms with E-state index in [1.54, 1.807) is 26.0 Å². The summed E-state index contributed by atoms with van der Waals surface area (Å²) in [4.78, 5) is 11.4. The molecule has 1 N–H and O–H groups in total. The second-order valence-corrected chi connectivity index (χ2v) is 3.05. The van der Waals surface area contributed by atoms with Crippen molar-refractivity contribution in [2.45, 2.75) is 20.5 Å². The van der Waals surface area contributed by atoms with E-state index in [0.717, 1.165) is 0 Å². The fraction of sp³-hybridized carbons (Fsp3) is 0.364. The summed E-state index contributed by atoms with van der Waals surface area (Å²) >= 11 is 0. The summed E-state index contributed by atoms with van der Waals surface area (Å²) in [6.07, 6.45) is 3.35. The molecule has 1 aromatic heterocycles. The molecule has 0 aliphatic carbocycles. The normalized spacial score (nSPS) is 10.9. The molecule has 0 spiro atoms. The Morgan fingerprint density at radius 3 is 2.67 bits per heavy atom. The largest absolute Gasteiger partial charge is 0.496 e. The SMILES string of the molecule is C/C=C/c1oc(=O)c(C)c(OC)c1CO. The van der Waals surface area contributed by atoms with E-state index in [-0.39, 0.29) is 6.61 Å². The lowest BCUT2D eigenvalue weighted by atomic mass is 10.1. The molecule has 1 heterocycles. The summed E-state index contributed by atoms with van der Waals surface area (Å²) in [5.41, 5.74) is 0.416. The summed E-state index contributed by atoms with van der Waals surface area (Å²) in [6.45, 7) is 3.17. The highest BCUT2D eigenvalue weighted by Gasteiger charge is 2.15. The van der Waals surface area contributed by atoms with Crippen LogP contribution >= 0.6 is 0 Å². The molecule has 0 atom stereocenters. The quantitative estimate of drug-likeness (QED) is 0.820. The van der Waals surface area contributed by atoms with Crippen LogP contribution in [0.5, 0.6) is 5.75 Å². The first-order valence-corrected chi connectivity index (χ1v) is 4.59. The molecule has 0 bridgehead atoms. The van der Waals surface area contributed by atoms with Crippen molar-refractivity contribution in [2.24, 2.45) is 0 Å². The fourth-order valence-corrected chi connectivity index (χ4v) is 1.38. The lowest BCUT2D eigenvalue weighted by Gasteiger charge is -2.10. The predicted octanol–water partition coefficient (Wildman–Crippen LogP) is 1.48. The summed E-state index contributed by atoms with van der Waals surface area (Å²) in [5, 5.41) is 9.20. The van der Waals surface area contributed by atoms with Gasteiger partial charge in [-0.25, -0.2) is 4.79 Å². The zero-order valence-electron chi connectivity index (χ0n) is 9.03. The molecular formula is C11H14O4. The predicted molar refractivity (Wildman–Crippen MR) is 56.9 cm³/mol. The summed E-state index contributed by atoms with van der Waals surface area (Å²) < 4.78 is 10.1. The molecule has 0 aliphatic rings. The third-order valence-electron chi connectivity index (χ3n) is 2.10. The van der Waals surface area contributed by atoms with Crippen LogP contribution < -0.4 is 10.4 Å². The first-order chi connectivity index (χ1) is 7.15. The van der Waals surface area contributed by atoms with Gasteiger partial charge in [-0.3, -0.25) is 0 Å². The first kappa shape index (κ1) is 11.5. The average molecular weight is 210 g/mol. The van der Waals surface area contributed by atoms with E-state index in [9.17, 15) is 9.90 Å². The summed E-state index contributed by atoms with van der Waals surface area (Å²) in [7, 11) is 1.46. The highest BCUT2D eigenvalue weighted by molar-refractivity contribution is 5.53. The van der Waals surface area contributed by atoms with Gasteiger partial charge in [-0.2, -0.15) is 0 Å². The number of aliphatic hydroxyl groups is 1. The van der Waals surface area contributed by atoms with Crippen molar-refractivity contribution in [3.8, 4) is 5.75 Å². The number of hydrogen-bond donors (Lipinski definition) is 1. The zero-order valence-corrected chi connectivity index (χ0v) is 9.03. The molecule has 4 nitrogen and oxygen atoms in total. The maximum Gasteiger partial charge on any atom is 0.342 e. The number of hydrogen-bond acceptors (Lipinski definition) is 4. The maximum absolute atomic E-state index is 11.4. The van der Waals surface area contributed by atoms with Gasteiger partial charge in [0, 0.05) is 0 Å². The van der Waals surface area contributed by atoms with Crippen LogP contribution in [0, 0.1) is 6.92 Å². The molecule has 1 aromatic rings. The fourth-order valence-electron chi connectivity index (χ4n) is 1.38. The van der Waals surface area contributed by atoms with Crippen molar-refractivity contribution in [2.75, 3.05) is 7.11 Å². The zero-order chi connectivity index (χ0) is 11.4. The standard InChI is InChI=1S/C11H14O4/c1-4-5-9-8(6-12)10(14-3)7(2)11(13)15-9/h4-5,12H,6H2,1-3H3/b5-4+. The first-order valence-electron chi connectivity index (χ1n) is 4.59. The van der Waals surface area contributed by atoms with Gasteiger partial charge in [-0.15, -0.1) is 0 Å². The van der Waals surface area contributed by atoms with Gasteiger partial charge in [0.15, 0.2) is 0 Å². The molecule has 82 valence electrons. The molecule has 0 unspecified atom stereocenters. The van der Waals surface area contributed by atoms with Gasteiger partial charge < -0.3 is 14.3 Å². The Kier molecular flexibility index (Phi) is 3.68. The van der Waals surface area contributed by atoms with Gasteiger partial charge in [0.1, 0.15) is 11.5 Å². The maximum atomic E-state index is 11.4. The minimum absolute atomic E-state index is 0.229. The van der Waals surface area contributed by atoms with Crippen molar-refractivity contribution in [1.82, 2.24) is 0 Å². The molecule has 0 fully saturated rings. The Bertz CT molecular complexity index is 429. The van der Waals surface area contributed by atoms with E-state index in [1.807, 2.05) is 0 Å². The van der Waals surface area contributed by atoms with Crippen LogP contribution in [0.15, 0.2) is 15.3 Å². The molecule has 0 radical (unpaired) electrons. The van der Waals surface area contributed by atoms with Gasteiger partial charge >= 0.3 is 5.63 Å². The number of ether oxygens (including phenoxy) is 1. The smallest absolute Gasteiger partial charge is 0.342 e. The van der Waals surface area contributed by atoms with Crippen LogP contribution in [0.4, 0.5) is 0 Å². The van der Waals surface area contributed by atoms with Crippen molar-refractivity contribution in [3.63, 3.8) is 0 Å². The molecular weight excluding hydrogens is 196 g/mol. The second-order valence-electron chi connectivity index (χ2n) is 3.05. The van der Waals surface area contributed by atoms with E-state index in [2.05, 4.69) is 0 Å². The Hall–Kier alpha value is -1.55. The van der Waals surface area contributed by atoms with Gasteiger partial charge in [0.2, 0.25) is 0 Å². The Labute approximate surface area is 87.8 Å². The van der Waals surface area contributed by atoms with Crippen LogP contribution in [0.25, 0.3) is 6.08 Å². The van der Waals surface area contributed by atoms with Crippen molar-refractivity contribution < 1.29 is 14.3 Å². The van der Waals surface area contributed by atoms with Gasteiger partial charge in [0.25, 0.3) is 0 Å². The lowest BCUT2D eigenvalue weighted by molar-refractivity contribution is 0.266. The van der Waals surface area contributed by atoms with Crippen LogP contribution in [0.1, 0.15) is 23.8 Å². The van der Waals surface area contributed by atoms with Crippen LogP contribution in [0.2, 0.25) is 0 Å². The number of allylic oxidation sites excluding steroid dienone is 1. The van der Waals surface area contributed by atoms with Gasteiger partial charge in [-0.05, 0) is 19.9 Å². The molecule has 0 saturated heterocycles. The molecule has 15 heavy (non-hydrogen) atoms. The van der Waals surface area contributed by atoms with E-state index in [4.69, 9.17) is 9.15 Å². The molecule has 4 heteroatoms. The van der Waals surface area contributed by atoms with Gasteiger partial charge in [0.05, 0.1) is 24.8 Å². The van der Waals surface area contributed by atoms with E-state index < -0.39 is 5.63 Å². The molecule has 0 aromatic carbocycles. The van der Waals surface area contributed by atoms with E-state index in [0.29, 0.717) is 22.6 Å². The molecule has 0 aliphatic heterocycles. The minimum atomic E-state index is -0.447. The molecule has 0 amide bonds. The molecule has 1 rings (SSSR count). The molecule has 0 saturated carbocycles. The van der Waals surface area contributed by atoms with E-state index in [1.165, 1.54) is 7.11 Å². The minimum Gasteiger partial charge on any atom is -0.496 e. The van der Waals surface area contributed by atoms with Crippen LogP contribution in [0.3, 0.4) is 0 Å². The third kappa shape index (κ3) is 2.10. The van der Waals surface area contributed by atoms with Crippen LogP contribution in [-0.2, 0) is 6.61 Å². The van der Waals surface area contributed by atoms with Crippen molar-refractivity contribution in [1.29, 1.82) is 0 Å². The summed E-state index contributed by atoms with van der Waals surface area (Å²) in [6, 6.07) is 0.